The first-order valence-corrected chi connectivity index (χ1v) is 14.2. The molecular weight excluding hydrogens is 605 g/mol. The Hall–Kier alpha value is -2.78. The molecule has 0 amide bonds. The number of para-hydroxylation sites is 2. The van der Waals surface area contributed by atoms with E-state index >= 15 is 0 Å². The second-order valence-electron chi connectivity index (χ2n) is 8.93. The van der Waals surface area contributed by atoms with E-state index in [-0.39, 0.29) is 13.2 Å². The number of hydrogen-bond acceptors (Lipinski definition) is 7. The van der Waals surface area contributed by atoms with E-state index in [2.05, 4.69) is 26.1 Å². The molecule has 39 heavy (non-hydrogen) atoms. The number of ether oxygens (including phenoxy) is 2. The van der Waals surface area contributed by atoms with Crippen molar-refractivity contribution in [3.63, 3.8) is 0 Å². The molecule has 1 heterocycles. The number of carbonyl (C=O) groups excluding carboxylic acids is 2. The number of nitrogen functional groups attached to an aromatic ring is 1. The highest BCUT2D eigenvalue weighted by atomic mass is 79.9. The number of carbonyl (C=O) groups is 2. The van der Waals surface area contributed by atoms with Gasteiger partial charge in [0.25, 0.3) is 0 Å². The van der Waals surface area contributed by atoms with Crippen LogP contribution < -0.4 is 11.1 Å². The number of esters is 2. The first kappa shape index (κ1) is 30.8. The van der Waals surface area contributed by atoms with Gasteiger partial charge < -0.3 is 20.5 Å². The van der Waals surface area contributed by atoms with Crippen LogP contribution in [-0.2, 0) is 20.8 Å². The van der Waals surface area contributed by atoms with Crippen molar-refractivity contribution in [2.75, 3.05) is 37.4 Å². The number of halogens is 3. The Balaban J connectivity index is 0.000000239. The molecule has 7 nitrogen and oxygen atoms in total. The average Bonchev–Trinajstić information content (AvgIpc) is 2.92. The highest BCUT2D eigenvalue weighted by Gasteiger charge is 2.17. The van der Waals surface area contributed by atoms with E-state index in [1.165, 1.54) is 26.2 Å². The minimum absolute atomic E-state index is 0.0296. The number of benzene rings is 3. The Bertz CT molecular complexity index is 1230. The highest BCUT2D eigenvalue weighted by molar-refractivity contribution is 9.10. The fourth-order valence-electron chi connectivity index (χ4n) is 3.97. The SMILES string of the molecule is CC(=O)OCCOC(=O)c1cc(Br)c(N)c(CN2CCCCC2)c1.Clc1cccc(Cl)c1Nc1ccccc1. The summed E-state index contributed by atoms with van der Waals surface area (Å²) >= 11 is 15.5. The zero-order chi connectivity index (χ0) is 28.2. The minimum Gasteiger partial charge on any atom is -0.462 e. The molecular formula is C29H32BrCl2N3O4. The molecule has 3 N–H and O–H groups in total. The quantitative estimate of drug-likeness (QED) is 0.150. The van der Waals surface area contributed by atoms with Crippen molar-refractivity contribution in [3.8, 4) is 0 Å². The molecule has 208 valence electrons. The van der Waals surface area contributed by atoms with E-state index in [9.17, 15) is 9.59 Å². The second-order valence-corrected chi connectivity index (χ2v) is 10.6. The maximum absolute atomic E-state index is 12.2. The lowest BCUT2D eigenvalue weighted by Gasteiger charge is -2.27. The zero-order valence-electron chi connectivity index (χ0n) is 21.7. The smallest absolute Gasteiger partial charge is 0.338 e. The molecule has 1 saturated heterocycles. The fraction of sp³-hybridized carbons (Fsp3) is 0.310. The Morgan fingerprint density at radius 3 is 2.23 bits per heavy atom. The summed E-state index contributed by atoms with van der Waals surface area (Å²) in [7, 11) is 0. The van der Waals surface area contributed by atoms with Gasteiger partial charge in [-0.25, -0.2) is 4.79 Å². The number of piperidine rings is 1. The number of hydrogen-bond donors (Lipinski definition) is 2. The van der Waals surface area contributed by atoms with Crippen molar-refractivity contribution in [1.29, 1.82) is 0 Å². The normalized spacial score (nSPS) is 13.1. The summed E-state index contributed by atoms with van der Waals surface area (Å²) in [5.41, 5.74) is 9.85. The van der Waals surface area contributed by atoms with Gasteiger partial charge in [0.2, 0.25) is 0 Å². The van der Waals surface area contributed by atoms with E-state index in [0.717, 1.165) is 36.6 Å². The monoisotopic (exact) mass is 635 g/mol. The van der Waals surface area contributed by atoms with Gasteiger partial charge in [-0.3, -0.25) is 9.69 Å². The Morgan fingerprint density at radius 1 is 0.949 bits per heavy atom. The highest BCUT2D eigenvalue weighted by Crippen LogP contribution is 2.32. The number of rotatable bonds is 8. The van der Waals surface area contributed by atoms with E-state index in [4.69, 9.17) is 38.4 Å². The van der Waals surface area contributed by atoms with Gasteiger partial charge in [0, 0.05) is 23.6 Å². The van der Waals surface area contributed by atoms with Crippen LogP contribution in [0.25, 0.3) is 0 Å². The maximum Gasteiger partial charge on any atom is 0.338 e. The van der Waals surface area contributed by atoms with Crippen LogP contribution in [0.1, 0.15) is 42.1 Å². The number of likely N-dealkylation sites (tertiary alicyclic amines) is 1. The molecule has 3 aromatic rings. The van der Waals surface area contributed by atoms with Crippen LogP contribution in [-0.4, -0.2) is 43.1 Å². The molecule has 0 radical (unpaired) electrons. The standard InChI is InChI=1S/C17H23BrN2O4.C12H9Cl2N/c1-12(21)23-7-8-24-17(22)13-9-14(16(19)15(18)10-13)11-20-5-3-2-4-6-20;13-10-7-4-8-11(14)12(10)15-9-5-2-1-3-6-9/h9-10H,2-8,11,19H2,1H3;1-8,15H. The summed E-state index contributed by atoms with van der Waals surface area (Å²) in [5.74, 6) is -0.854. The molecule has 1 aliphatic rings. The number of nitrogens with zero attached hydrogens (tertiary/aromatic N) is 1. The average molecular weight is 637 g/mol. The van der Waals surface area contributed by atoms with Crippen LogP contribution in [0.15, 0.2) is 65.1 Å². The van der Waals surface area contributed by atoms with E-state index in [1.54, 1.807) is 24.3 Å². The van der Waals surface area contributed by atoms with E-state index in [1.807, 2.05) is 36.4 Å². The van der Waals surface area contributed by atoms with Crippen LogP contribution in [0, 0.1) is 0 Å². The lowest BCUT2D eigenvalue weighted by Crippen LogP contribution is -2.29. The van der Waals surface area contributed by atoms with Crippen LogP contribution in [0.3, 0.4) is 0 Å². The summed E-state index contributed by atoms with van der Waals surface area (Å²) in [6.07, 6.45) is 3.66. The lowest BCUT2D eigenvalue weighted by atomic mass is 10.1. The van der Waals surface area contributed by atoms with Crippen LogP contribution >= 0.6 is 39.1 Å². The predicted molar refractivity (Wildman–Crippen MR) is 161 cm³/mol. The van der Waals surface area contributed by atoms with Gasteiger partial charge in [-0.2, -0.15) is 0 Å². The van der Waals surface area contributed by atoms with Gasteiger partial charge >= 0.3 is 11.9 Å². The molecule has 3 aromatic carbocycles. The summed E-state index contributed by atoms with van der Waals surface area (Å²) in [5, 5.41) is 4.41. The van der Waals surface area contributed by atoms with Crippen molar-refractivity contribution in [2.24, 2.45) is 0 Å². The number of nitrogens with two attached hydrogens (primary N) is 1. The van der Waals surface area contributed by atoms with Crippen LogP contribution in [0.5, 0.6) is 0 Å². The zero-order valence-corrected chi connectivity index (χ0v) is 24.8. The molecule has 0 atom stereocenters. The van der Waals surface area contributed by atoms with Gasteiger partial charge in [0.1, 0.15) is 13.2 Å². The third-order valence-electron chi connectivity index (χ3n) is 5.92. The number of nitrogens with one attached hydrogen (secondary N) is 1. The molecule has 1 fully saturated rings. The van der Waals surface area contributed by atoms with Crippen LogP contribution in [0.4, 0.5) is 17.1 Å². The Labute approximate surface area is 247 Å². The predicted octanol–water partition coefficient (Wildman–Crippen LogP) is 7.47. The summed E-state index contributed by atoms with van der Waals surface area (Å²) in [6, 6.07) is 18.6. The van der Waals surface area contributed by atoms with Gasteiger partial charge in [-0.05, 0) is 83.8 Å². The van der Waals surface area contributed by atoms with Crippen molar-refractivity contribution in [2.45, 2.75) is 32.7 Å². The molecule has 0 aromatic heterocycles. The molecule has 10 heteroatoms. The largest absolute Gasteiger partial charge is 0.462 e. The molecule has 0 spiro atoms. The topological polar surface area (TPSA) is 93.9 Å². The fourth-order valence-corrected chi connectivity index (χ4v) is 4.96. The third kappa shape index (κ3) is 10.0. The maximum atomic E-state index is 12.2. The van der Waals surface area contributed by atoms with Crippen LogP contribution in [0.2, 0.25) is 10.0 Å². The van der Waals surface area contributed by atoms with Gasteiger partial charge in [-0.1, -0.05) is 53.9 Å². The van der Waals surface area contributed by atoms with Gasteiger partial charge in [0.15, 0.2) is 0 Å². The molecule has 0 bridgehead atoms. The Morgan fingerprint density at radius 2 is 1.59 bits per heavy atom. The minimum atomic E-state index is -0.456. The van der Waals surface area contributed by atoms with Crippen molar-refractivity contribution in [3.05, 3.63) is 86.3 Å². The lowest BCUT2D eigenvalue weighted by molar-refractivity contribution is -0.142. The molecule has 0 saturated carbocycles. The molecule has 0 unspecified atom stereocenters. The molecule has 1 aliphatic heterocycles. The van der Waals surface area contributed by atoms with E-state index < -0.39 is 11.9 Å². The summed E-state index contributed by atoms with van der Waals surface area (Å²) < 4.78 is 10.6. The van der Waals surface area contributed by atoms with Crippen molar-refractivity contribution < 1.29 is 19.1 Å². The van der Waals surface area contributed by atoms with Crippen molar-refractivity contribution in [1.82, 2.24) is 4.90 Å². The van der Waals surface area contributed by atoms with E-state index in [0.29, 0.717) is 25.8 Å². The first-order valence-electron chi connectivity index (χ1n) is 12.6. The molecule has 0 aliphatic carbocycles. The second kappa shape index (κ2) is 15.7. The van der Waals surface area contributed by atoms with Gasteiger partial charge in [-0.15, -0.1) is 0 Å². The third-order valence-corrected chi connectivity index (χ3v) is 7.21. The molecule has 4 rings (SSSR count). The van der Waals surface area contributed by atoms with Gasteiger partial charge in [0.05, 0.1) is 27.0 Å². The first-order chi connectivity index (χ1) is 18.7. The summed E-state index contributed by atoms with van der Waals surface area (Å²) in [4.78, 5) is 25.2. The number of anilines is 3. The van der Waals surface area contributed by atoms with Crippen molar-refractivity contribution >= 4 is 68.1 Å². The Kier molecular flexibility index (Phi) is 12.4. The summed E-state index contributed by atoms with van der Waals surface area (Å²) in [6.45, 7) is 4.22.